The van der Waals surface area contributed by atoms with Gasteiger partial charge in [-0.1, -0.05) is 13.8 Å². The number of aromatic nitrogens is 2. The normalized spacial score (nSPS) is 10.1. The first-order valence-corrected chi connectivity index (χ1v) is 5.58. The summed E-state index contributed by atoms with van der Waals surface area (Å²) in [6.45, 7) is 5.73. The van der Waals surface area contributed by atoms with Crippen molar-refractivity contribution in [1.82, 2.24) is 9.97 Å². The van der Waals surface area contributed by atoms with Crippen LogP contribution in [-0.2, 0) is 0 Å². The van der Waals surface area contributed by atoms with E-state index in [2.05, 4.69) is 35.3 Å². The Balaban J connectivity index is 2.83. The number of nitrogens with one attached hydrogen (secondary N) is 1. The van der Waals surface area contributed by atoms with Crippen molar-refractivity contribution in [3.05, 3.63) is 12.4 Å². The fourth-order valence-electron chi connectivity index (χ4n) is 1.50. The second-order valence-electron chi connectivity index (χ2n) is 4.15. The van der Waals surface area contributed by atoms with Gasteiger partial charge < -0.3 is 10.3 Å². The summed E-state index contributed by atoms with van der Waals surface area (Å²) in [5, 5.41) is 8.65. The van der Waals surface area contributed by atoms with Crippen LogP contribution in [0.5, 0.6) is 0 Å². The van der Waals surface area contributed by atoms with Crippen molar-refractivity contribution in [2.75, 3.05) is 23.4 Å². The zero-order valence-electron chi connectivity index (χ0n) is 10.2. The van der Waals surface area contributed by atoms with Crippen molar-refractivity contribution in [2.45, 2.75) is 20.3 Å². The molecule has 1 aromatic heterocycles. The van der Waals surface area contributed by atoms with Crippen molar-refractivity contribution < 1.29 is 0 Å². The van der Waals surface area contributed by atoms with Gasteiger partial charge in [0.05, 0.1) is 24.9 Å². The number of nitrogen functional groups attached to an aromatic ring is 1. The van der Waals surface area contributed by atoms with Crippen LogP contribution in [0.15, 0.2) is 12.4 Å². The maximum Gasteiger partial charge on any atom is 0.160 e. The van der Waals surface area contributed by atoms with Crippen LogP contribution in [-0.4, -0.2) is 23.1 Å². The molecule has 3 N–H and O–H groups in total. The molecule has 0 spiro atoms. The lowest BCUT2D eigenvalue weighted by Crippen LogP contribution is -2.29. The fraction of sp³-hybridized carbons (Fsp3) is 0.545. The van der Waals surface area contributed by atoms with E-state index in [1.165, 1.54) is 0 Å². The van der Waals surface area contributed by atoms with Crippen molar-refractivity contribution in [2.24, 2.45) is 11.8 Å². The summed E-state index contributed by atoms with van der Waals surface area (Å²) in [5.74, 6) is 7.05. The van der Waals surface area contributed by atoms with E-state index in [-0.39, 0.29) is 0 Å². The smallest absolute Gasteiger partial charge is 0.160 e. The van der Waals surface area contributed by atoms with E-state index in [4.69, 9.17) is 11.1 Å². The van der Waals surface area contributed by atoms with Gasteiger partial charge in [0.1, 0.15) is 5.82 Å². The topological polar surface area (TPSA) is 90.9 Å². The quantitative estimate of drug-likeness (QED) is 0.566. The molecule has 1 aromatic rings. The van der Waals surface area contributed by atoms with Crippen LogP contribution in [0.4, 0.5) is 11.6 Å². The molecule has 92 valence electrons. The van der Waals surface area contributed by atoms with Gasteiger partial charge in [0.25, 0.3) is 0 Å². The van der Waals surface area contributed by atoms with E-state index >= 15 is 0 Å². The van der Waals surface area contributed by atoms with Crippen molar-refractivity contribution in [3.8, 4) is 6.07 Å². The minimum Gasteiger partial charge on any atom is -0.354 e. The van der Waals surface area contributed by atoms with Crippen LogP contribution < -0.4 is 16.2 Å². The van der Waals surface area contributed by atoms with Crippen molar-refractivity contribution >= 4 is 11.6 Å². The monoisotopic (exact) mass is 234 g/mol. The highest BCUT2D eigenvalue weighted by atomic mass is 15.3. The first-order valence-electron chi connectivity index (χ1n) is 5.58. The molecule has 0 amide bonds. The molecule has 0 aliphatic carbocycles. The first kappa shape index (κ1) is 13.2. The van der Waals surface area contributed by atoms with Crippen molar-refractivity contribution in [3.63, 3.8) is 0 Å². The molecule has 0 unspecified atom stereocenters. The zero-order valence-corrected chi connectivity index (χ0v) is 10.2. The van der Waals surface area contributed by atoms with Crippen LogP contribution in [0.25, 0.3) is 0 Å². The van der Waals surface area contributed by atoms with E-state index in [0.29, 0.717) is 24.7 Å². The van der Waals surface area contributed by atoms with Gasteiger partial charge in [-0.25, -0.2) is 10.8 Å². The number of hydrazine groups is 1. The van der Waals surface area contributed by atoms with Gasteiger partial charge in [-0.2, -0.15) is 5.26 Å². The number of hydrogen-bond donors (Lipinski definition) is 2. The van der Waals surface area contributed by atoms with Gasteiger partial charge in [0.15, 0.2) is 5.82 Å². The molecule has 0 radical (unpaired) electrons. The predicted octanol–water partition coefficient (Wildman–Crippen LogP) is 1.14. The number of hydrogen-bond acceptors (Lipinski definition) is 6. The Morgan fingerprint density at radius 1 is 1.53 bits per heavy atom. The summed E-state index contributed by atoms with van der Waals surface area (Å²) in [4.78, 5) is 10.4. The Kier molecular flexibility index (Phi) is 5.17. The summed E-state index contributed by atoms with van der Waals surface area (Å²) in [5.41, 5.74) is 2.47. The Labute approximate surface area is 101 Å². The summed E-state index contributed by atoms with van der Waals surface area (Å²) >= 11 is 0. The Morgan fingerprint density at radius 2 is 2.29 bits per heavy atom. The third kappa shape index (κ3) is 4.25. The summed E-state index contributed by atoms with van der Waals surface area (Å²) in [6.07, 6.45) is 3.70. The van der Waals surface area contributed by atoms with Gasteiger partial charge >= 0.3 is 0 Å². The number of nitrogens with two attached hydrogens (primary N) is 1. The Hall–Kier alpha value is -1.87. The maximum atomic E-state index is 8.65. The highest BCUT2D eigenvalue weighted by molar-refractivity contribution is 5.43. The highest BCUT2D eigenvalue weighted by Crippen LogP contribution is 2.14. The van der Waals surface area contributed by atoms with Gasteiger partial charge in [0, 0.05) is 13.1 Å². The standard InChI is InChI=1S/C11H18N6/c1-9(2)8-17(5-3-4-12)11-7-14-6-10(15-11)16-13/h6-7,9H,3,5,8,13H2,1-2H3,(H,15,16). The van der Waals surface area contributed by atoms with Gasteiger partial charge in [0.2, 0.25) is 0 Å². The Morgan fingerprint density at radius 3 is 2.88 bits per heavy atom. The number of rotatable bonds is 6. The fourth-order valence-corrected chi connectivity index (χ4v) is 1.50. The molecule has 0 aliphatic rings. The van der Waals surface area contributed by atoms with Crippen molar-refractivity contribution in [1.29, 1.82) is 5.26 Å². The van der Waals surface area contributed by atoms with E-state index in [1.54, 1.807) is 12.4 Å². The van der Waals surface area contributed by atoms with Gasteiger partial charge in [-0.3, -0.25) is 4.98 Å². The third-order valence-corrected chi connectivity index (χ3v) is 2.17. The lowest BCUT2D eigenvalue weighted by Gasteiger charge is -2.24. The molecule has 0 aliphatic heterocycles. The molecule has 0 atom stereocenters. The number of anilines is 2. The van der Waals surface area contributed by atoms with E-state index in [0.717, 1.165) is 12.4 Å². The minimum atomic E-state index is 0.467. The lowest BCUT2D eigenvalue weighted by molar-refractivity contribution is 0.607. The third-order valence-electron chi connectivity index (χ3n) is 2.17. The molecule has 6 nitrogen and oxygen atoms in total. The van der Waals surface area contributed by atoms with E-state index < -0.39 is 0 Å². The number of nitrogens with zero attached hydrogens (tertiary/aromatic N) is 4. The second-order valence-corrected chi connectivity index (χ2v) is 4.15. The van der Waals surface area contributed by atoms with Crippen LogP contribution in [0.1, 0.15) is 20.3 Å². The van der Waals surface area contributed by atoms with Gasteiger partial charge in [-0.15, -0.1) is 0 Å². The Bertz CT molecular complexity index is 384. The molecule has 17 heavy (non-hydrogen) atoms. The van der Waals surface area contributed by atoms with Gasteiger partial charge in [-0.05, 0) is 5.92 Å². The van der Waals surface area contributed by atoms with Crippen LogP contribution in [0, 0.1) is 17.2 Å². The molecule has 0 saturated heterocycles. The highest BCUT2D eigenvalue weighted by Gasteiger charge is 2.10. The SMILES string of the molecule is CC(C)CN(CCC#N)c1cncc(NN)n1. The molecule has 0 aromatic carbocycles. The molecule has 0 fully saturated rings. The first-order chi connectivity index (χ1) is 8.17. The average Bonchev–Trinajstić information content (AvgIpc) is 2.34. The zero-order chi connectivity index (χ0) is 12.7. The largest absolute Gasteiger partial charge is 0.354 e. The lowest BCUT2D eigenvalue weighted by atomic mass is 10.2. The molecular weight excluding hydrogens is 216 g/mol. The molecule has 0 bridgehead atoms. The summed E-state index contributed by atoms with van der Waals surface area (Å²) in [6, 6.07) is 2.14. The molecular formula is C11H18N6. The molecule has 6 heteroatoms. The van der Waals surface area contributed by atoms with Crippen LogP contribution in [0.3, 0.4) is 0 Å². The summed E-state index contributed by atoms with van der Waals surface area (Å²) < 4.78 is 0. The average molecular weight is 234 g/mol. The summed E-state index contributed by atoms with van der Waals surface area (Å²) in [7, 11) is 0. The van der Waals surface area contributed by atoms with Crippen LogP contribution >= 0.6 is 0 Å². The molecule has 1 heterocycles. The predicted molar refractivity (Wildman–Crippen MR) is 67.1 cm³/mol. The van der Waals surface area contributed by atoms with E-state index in [9.17, 15) is 0 Å². The second kappa shape index (κ2) is 6.66. The van der Waals surface area contributed by atoms with Crippen LogP contribution in [0.2, 0.25) is 0 Å². The maximum absolute atomic E-state index is 8.65. The number of nitriles is 1. The minimum absolute atomic E-state index is 0.467. The molecule has 0 saturated carbocycles. The molecule has 1 rings (SSSR count). The van der Waals surface area contributed by atoms with E-state index in [1.807, 2.05) is 4.90 Å².